The quantitative estimate of drug-likeness (QED) is 0.554. The minimum atomic E-state index is -4.30. The van der Waals surface area contributed by atoms with Crippen molar-refractivity contribution >= 4 is 51.1 Å². The Morgan fingerprint density at radius 2 is 1.92 bits per heavy atom. The number of hydrogen-bond donors (Lipinski definition) is 2. The van der Waals surface area contributed by atoms with Gasteiger partial charge in [-0.2, -0.15) is 0 Å². The van der Waals surface area contributed by atoms with Crippen molar-refractivity contribution in [3.8, 4) is 0 Å². The summed E-state index contributed by atoms with van der Waals surface area (Å²) >= 11 is 12.1. The Hall–Kier alpha value is -2.50. The van der Waals surface area contributed by atoms with Crippen molar-refractivity contribution < 1.29 is 27.5 Å². The number of carbonyl (C=O) groups is 3. The summed E-state index contributed by atoms with van der Waals surface area (Å²) in [5.74, 6) is -1.16. The number of rotatable bonds is 5. The van der Waals surface area contributed by atoms with Gasteiger partial charge in [-0.15, -0.1) is 0 Å². The standard InChI is InChI=1S/C24H32Cl2N4O6S/c1-23(2,3)36-22(33)29-11-9-18(24(4,5)14-29)28-19(31)13-16-21(32)27-10-12-30(16)37(34,35)17-8-6-7-15(25)20(17)26/h6-8,10,12,16,18H,9,11,13-14H2,1-5H3,(H,27,32)(H,28,31)/t16-,18+/m1/s1. The van der Waals surface area contributed by atoms with Crippen LogP contribution in [0.1, 0.15) is 47.5 Å². The molecule has 1 fully saturated rings. The van der Waals surface area contributed by atoms with E-state index in [2.05, 4.69) is 10.6 Å². The third kappa shape index (κ3) is 6.69. The Morgan fingerprint density at radius 1 is 1.24 bits per heavy atom. The summed E-state index contributed by atoms with van der Waals surface area (Å²) in [5.41, 5.74) is -1.12. The average Bonchev–Trinajstić information content (AvgIpc) is 2.76. The first-order valence-electron chi connectivity index (χ1n) is 11.7. The molecule has 0 aromatic heterocycles. The first-order valence-corrected chi connectivity index (χ1v) is 13.9. The highest BCUT2D eigenvalue weighted by Crippen LogP contribution is 2.33. The van der Waals surface area contributed by atoms with E-state index in [0.29, 0.717) is 19.5 Å². The third-order valence-electron chi connectivity index (χ3n) is 6.12. The zero-order chi connectivity index (χ0) is 27.8. The van der Waals surface area contributed by atoms with Crippen LogP contribution in [0, 0.1) is 5.41 Å². The molecule has 2 aliphatic rings. The summed E-state index contributed by atoms with van der Waals surface area (Å²) in [5, 5.41) is 5.25. The summed E-state index contributed by atoms with van der Waals surface area (Å²) in [6.45, 7) is 9.96. The molecule has 1 saturated heterocycles. The Labute approximate surface area is 227 Å². The highest BCUT2D eigenvalue weighted by atomic mass is 35.5. The number of carbonyl (C=O) groups excluding carboxylic acids is 3. The molecular formula is C24H32Cl2N4O6S. The van der Waals surface area contributed by atoms with Gasteiger partial charge in [0.2, 0.25) is 11.8 Å². The molecule has 37 heavy (non-hydrogen) atoms. The van der Waals surface area contributed by atoms with Gasteiger partial charge in [-0.3, -0.25) is 13.9 Å². The molecule has 3 rings (SSSR count). The lowest BCUT2D eigenvalue weighted by molar-refractivity contribution is -0.130. The van der Waals surface area contributed by atoms with Gasteiger partial charge >= 0.3 is 6.09 Å². The minimum absolute atomic E-state index is 0.0439. The highest BCUT2D eigenvalue weighted by Gasteiger charge is 2.42. The number of benzene rings is 1. The lowest BCUT2D eigenvalue weighted by Gasteiger charge is -2.44. The molecule has 1 aromatic carbocycles. The lowest BCUT2D eigenvalue weighted by Crippen LogP contribution is -2.58. The zero-order valence-corrected chi connectivity index (χ0v) is 23.7. The number of sulfonamides is 1. The summed E-state index contributed by atoms with van der Waals surface area (Å²) in [7, 11) is -4.30. The maximum atomic E-state index is 13.4. The fourth-order valence-electron chi connectivity index (χ4n) is 4.27. The number of piperidine rings is 1. The van der Waals surface area contributed by atoms with E-state index in [4.69, 9.17) is 27.9 Å². The van der Waals surface area contributed by atoms with Crippen LogP contribution in [0.25, 0.3) is 0 Å². The summed E-state index contributed by atoms with van der Waals surface area (Å²) < 4.78 is 33.0. The van der Waals surface area contributed by atoms with Crippen LogP contribution in [0.3, 0.4) is 0 Å². The Balaban J connectivity index is 1.73. The second-order valence-corrected chi connectivity index (χ2v) is 13.3. The number of halogens is 2. The fraction of sp³-hybridized carbons (Fsp3) is 0.542. The van der Waals surface area contributed by atoms with Crippen molar-refractivity contribution in [1.29, 1.82) is 0 Å². The lowest BCUT2D eigenvalue weighted by atomic mass is 9.79. The normalized spacial score (nSPS) is 21.9. The maximum absolute atomic E-state index is 13.4. The van der Waals surface area contributed by atoms with E-state index in [1.54, 1.807) is 25.7 Å². The summed E-state index contributed by atoms with van der Waals surface area (Å²) in [6.07, 6.45) is 1.99. The van der Waals surface area contributed by atoms with Crippen molar-refractivity contribution in [2.45, 2.75) is 70.0 Å². The van der Waals surface area contributed by atoms with Gasteiger partial charge in [-0.1, -0.05) is 43.1 Å². The molecule has 0 saturated carbocycles. The van der Waals surface area contributed by atoms with Gasteiger partial charge in [0.25, 0.3) is 10.0 Å². The molecule has 2 atom stereocenters. The molecule has 0 aliphatic carbocycles. The molecule has 13 heteroatoms. The van der Waals surface area contributed by atoms with Crippen LogP contribution in [0.5, 0.6) is 0 Å². The van der Waals surface area contributed by atoms with Crippen molar-refractivity contribution in [2.75, 3.05) is 13.1 Å². The molecule has 0 bridgehead atoms. The van der Waals surface area contributed by atoms with E-state index in [-0.39, 0.29) is 21.0 Å². The van der Waals surface area contributed by atoms with Crippen LogP contribution < -0.4 is 10.6 Å². The van der Waals surface area contributed by atoms with Crippen LogP contribution in [0.15, 0.2) is 35.5 Å². The van der Waals surface area contributed by atoms with Crippen LogP contribution in [-0.4, -0.2) is 66.3 Å². The van der Waals surface area contributed by atoms with Gasteiger partial charge in [-0.05, 0) is 39.3 Å². The predicted octanol–water partition coefficient (Wildman–Crippen LogP) is 3.50. The van der Waals surface area contributed by atoms with E-state index < -0.39 is 51.4 Å². The topological polar surface area (TPSA) is 125 Å². The van der Waals surface area contributed by atoms with Crippen molar-refractivity contribution in [3.05, 3.63) is 40.6 Å². The third-order valence-corrected chi connectivity index (χ3v) is 8.88. The van der Waals surface area contributed by atoms with E-state index in [0.717, 1.165) is 4.31 Å². The van der Waals surface area contributed by atoms with Crippen LogP contribution in [0.2, 0.25) is 10.0 Å². The van der Waals surface area contributed by atoms with Gasteiger partial charge in [0.05, 0.1) is 16.5 Å². The number of ether oxygens (including phenoxy) is 1. The summed E-state index contributed by atoms with van der Waals surface area (Å²) in [4.78, 5) is 39.6. The molecule has 2 aliphatic heterocycles. The first kappa shape index (κ1) is 29.1. The molecule has 1 aromatic rings. The fourth-order valence-corrected chi connectivity index (χ4v) is 6.46. The van der Waals surface area contributed by atoms with Gasteiger partial charge in [0, 0.05) is 36.9 Å². The number of likely N-dealkylation sites (tertiary alicyclic amines) is 1. The van der Waals surface area contributed by atoms with E-state index in [9.17, 15) is 22.8 Å². The molecule has 2 heterocycles. The predicted molar refractivity (Wildman–Crippen MR) is 139 cm³/mol. The smallest absolute Gasteiger partial charge is 0.410 e. The Morgan fingerprint density at radius 3 is 2.54 bits per heavy atom. The van der Waals surface area contributed by atoms with Gasteiger partial charge in [-0.25, -0.2) is 13.2 Å². The number of nitrogens with zero attached hydrogens (tertiary/aromatic N) is 2. The van der Waals surface area contributed by atoms with Crippen LogP contribution >= 0.6 is 23.2 Å². The molecule has 0 unspecified atom stereocenters. The monoisotopic (exact) mass is 574 g/mol. The van der Waals surface area contributed by atoms with Gasteiger partial charge in [0.1, 0.15) is 16.5 Å². The molecule has 10 nitrogen and oxygen atoms in total. The second-order valence-electron chi connectivity index (χ2n) is 10.7. The SMILES string of the molecule is CC(C)(C)OC(=O)N1CC[C@H](NC(=O)C[C@@H]2C(=O)NC=CN2S(=O)(=O)c2cccc(Cl)c2Cl)C(C)(C)C1. The van der Waals surface area contributed by atoms with Crippen LogP contribution in [0.4, 0.5) is 4.79 Å². The van der Waals surface area contributed by atoms with Crippen molar-refractivity contribution in [3.63, 3.8) is 0 Å². The molecule has 204 valence electrons. The van der Waals surface area contributed by atoms with E-state index in [1.165, 1.54) is 30.6 Å². The molecule has 0 radical (unpaired) electrons. The molecule has 2 N–H and O–H groups in total. The van der Waals surface area contributed by atoms with Gasteiger partial charge < -0.3 is 20.3 Å². The van der Waals surface area contributed by atoms with E-state index >= 15 is 0 Å². The Kier molecular flexibility index (Phi) is 8.41. The largest absolute Gasteiger partial charge is 0.444 e. The zero-order valence-electron chi connectivity index (χ0n) is 21.4. The van der Waals surface area contributed by atoms with Gasteiger partial charge in [0.15, 0.2) is 0 Å². The van der Waals surface area contributed by atoms with Crippen molar-refractivity contribution in [1.82, 2.24) is 19.8 Å². The second kappa shape index (κ2) is 10.7. The minimum Gasteiger partial charge on any atom is -0.444 e. The summed E-state index contributed by atoms with van der Waals surface area (Å²) in [6, 6.07) is 2.51. The average molecular weight is 576 g/mol. The molecule has 3 amide bonds. The molecular weight excluding hydrogens is 543 g/mol. The van der Waals surface area contributed by atoms with Crippen LogP contribution in [-0.2, 0) is 24.3 Å². The van der Waals surface area contributed by atoms with Crippen molar-refractivity contribution in [2.24, 2.45) is 5.41 Å². The highest BCUT2D eigenvalue weighted by molar-refractivity contribution is 7.89. The number of amides is 3. The number of nitrogens with one attached hydrogen (secondary N) is 2. The molecule has 0 spiro atoms. The van der Waals surface area contributed by atoms with E-state index in [1.807, 2.05) is 13.8 Å². The maximum Gasteiger partial charge on any atom is 0.410 e. The number of hydrogen-bond acceptors (Lipinski definition) is 6. The first-order chi connectivity index (χ1) is 17.0. The Bertz CT molecular complexity index is 1210.